The van der Waals surface area contributed by atoms with Crippen LogP contribution in [0.1, 0.15) is 37.0 Å². The van der Waals surface area contributed by atoms with Crippen molar-refractivity contribution >= 4 is 11.7 Å². The Morgan fingerprint density at radius 2 is 2.09 bits per heavy atom. The molecule has 1 unspecified atom stereocenters. The van der Waals surface area contributed by atoms with Crippen molar-refractivity contribution < 1.29 is 9.90 Å². The SMILES string of the molecule is CCC(C)(CCO)NC(=O)c1ccnc(N2CCN(C)CC2)c1. The van der Waals surface area contributed by atoms with Gasteiger partial charge in [0, 0.05) is 50.1 Å². The number of amides is 1. The molecule has 2 heterocycles. The lowest BCUT2D eigenvalue weighted by Crippen LogP contribution is -2.46. The van der Waals surface area contributed by atoms with Gasteiger partial charge in [0.25, 0.3) is 5.91 Å². The number of hydrogen-bond acceptors (Lipinski definition) is 5. The lowest BCUT2D eigenvalue weighted by atomic mass is 9.94. The molecule has 0 aromatic carbocycles. The molecule has 0 bridgehead atoms. The number of aliphatic hydroxyl groups is 1. The first kappa shape index (κ1) is 17.7. The minimum atomic E-state index is -0.386. The van der Waals surface area contributed by atoms with E-state index >= 15 is 0 Å². The zero-order valence-electron chi connectivity index (χ0n) is 14.4. The van der Waals surface area contributed by atoms with Crippen LogP contribution in [0.15, 0.2) is 18.3 Å². The van der Waals surface area contributed by atoms with E-state index in [1.165, 1.54) is 0 Å². The Balaban J connectivity index is 2.08. The minimum Gasteiger partial charge on any atom is -0.396 e. The van der Waals surface area contributed by atoms with Crippen LogP contribution >= 0.6 is 0 Å². The van der Waals surface area contributed by atoms with Crippen LogP contribution < -0.4 is 10.2 Å². The van der Waals surface area contributed by atoms with E-state index in [0.29, 0.717) is 12.0 Å². The second-order valence-corrected chi connectivity index (χ2v) is 6.53. The van der Waals surface area contributed by atoms with E-state index in [-0.39, 0.29) is 18.1 Å². The maximum Gasteiger partial charge on any atom is 0.251 e. The molecule has 0 spiro atoms. The largest absolute Gasteiger partial charge is 0.396 e. The molecule has 0 radical (unpaired) electrons. The van der Waals surface area contributed by atoms with Crippen LogP contribution in [0.4, 0.5) is 5.82 Å². The predicted molar refractivity (Wildman–Crippen MR) is 91.8 cm³/mol. The molecule has 2 rings (SSSR count). The highest BCUT2D eigenvalue weighted by molar-refractivity contribution is 5.95. The summed E-state index contributed by atoms with van der Waals surface area (Å²) in [5.41, 5.74) is 0.231. The maximum absolute atomic E-state index is 12.5. The monoisotopic (exact) mass is 320 g/mol. The van der Waals surface area contributed by atoms with Crippen molar-refractivity contribution in [3.8, 4) is 0 Å². The highest BCUT2D eigenvalue weighted by atomic mass is 16.3. The van der Waals surface area contributed by atoms with Gasteiger partial charge < -0.3 is 20.2 Å². The third-order valence-electron chi connectivity index (χ3n) is 4.69. The first-order valence-corrected chi connectivity index (χ1v) is 8.30. The van der Waals surface area contributed by atoms with Crippen molar-refractivity contribution in [2.75, 3.05) is 44.7 Å². The van der Waals surface area contributed by atoms with Crippen molar-refractivity contribution in [3.05, 3.63) is 23.9 Å². The minimum absolute atomic E-state index is 0.0630. The number of anilines is 1. The van der Waals surface area contributed by atoms with Crippen LogP contribution in [0.3, 0.4) is 0 Å². The van der Waals surface area contributed by atoms with Gasteiger partial charge in [-0.25, -0.2) is 4.98 Å². The summed E-state index contributed by atoms with van der Waals surface area (Å²) in [6.07, 6.45) is 3.01. The number of nitrogens with zero attached hydrogens (tertiary/aromatic N) is 3. The van der Waals surface area contributed by atoms with Crippen LogP contribution in [0, 0.1) is 0 Å². The van der Waals surface area contributed by atoms with Crippen molar-refractivity contribution in [2.45, 2.75) is 32.2 Å². The van der Waals surface area contributed by atoms with Gasteiger partial charge in [0.05, 0.1) is 0 Å². The molecule has 1 atom stereocenters. The summed E-state index contributed by atoms with van der Waals surface area (Å²) in [6.45, 7) is 7.89. The van der Waals surface area contributed by atoms with E-state index in [4.69, 9.17) is 0 Å². The summed E-state index contributed by atoms with van der Waals surface area (Å²) in [5, 5.41) is 12.2. The molecule has 23 heavy (non-hydrogen) atoms. The van der Waals surface area contributed by atoms with Crippen molar-refractivity contribution in [3.63, 3.8) is 0 Å². The lowest BCUT2D eigenvalue weighted by Gasteiger charge is -2.33. The van der Waals surface area contributed by atoms with Crippen LogP contribution in [-0.2, 0) is 0 Å². The number of likely N-dealkylation sites (N-methyl/N-ethyl adjacent to an activating group) is 1. The number of aromatic nitrogens is 1. The van der Waals surface area contributed by atoms with E-state index in [9.17, 15) is 9.90 Å². The zero-order chi connectivity index (χ0) is 16.9. The Morgan fingerprint density at radius 3 is 2.70 bits per heavy atom. The summed E-state index contributed by atoms with van der Waals surface area (Å²) >= 11 is 0. The molecule has 1 aromatic heterocycles. The third kappa shape index (κ3) is 4.65. The smallest absolute Gasteiger partial charge is 0.251 e. The average Bonchev–Trinajstić information content (AvgIpc) is 2.56. The molecule has 0 saturated carbocycles. The second kappa shape index (κ2) is 7.75. The third-order valence-corrected chi connectivity index (χ3v) is 4.69. The highest BCUT2D eigenvalue weighted by Crippen LogP contribution is 2.18. The molecule has 1 fully saturated rings. The number of piperazine rings is 1. The van der Waals surface area contributed by atoms with Crippen LogP contribution in [0.2, 0.25) is 0 Å². The van der Waals surface area contributed by atoms with E-state index in [0.717, 1.165) is 38.4 Å². The summed E-state index contributed by atoms with van der Waals surface area (Å²) in [4.78, 5) is 21.4. The topological polar surface area (TPSA) is 68.7 Å². The number of carbonyl (C=O) groups excluding carboxylic acids is 1. The first-order valence-electron chi connectivity index (χ1n) is 8.30. The van der Waals surface area contributed by atoms with Gasteiger partial charge in [-0.3, -0.25) is 4.79 Å². The van der Waals surface area contributed by atoms with Crippen LogP contribution in [0.25, 0.3) is 0 Å². The fraction of sp³-hybridized carbons (Fsp3) is 0.647. The molecule has 1 saturated heterocycles. The van der Waals surface area contributed by atoms with Gasteiger partial charge >= 0.3 is 0 Å². The molecular formula is C17H28N4O2. The van der Waals surface area contributed by atoms with Gasteiger partial charge in [-0.15, -0.1) is 0 Å². The number of hydrogen-bond donors (Lipinski definition) is 2. The van der Waals surface area contributed by atoms with E-state index in [1.54, 1.807) is 12.3 Å². The fourth-order valence-corrected chi connectivity index (χ4v) is 2.69. The quantitative estimate of drug-likeness (QED) is 0.822. The van der Waals surface area contributed by atoms with Gasteiger partial charge in [0.1, 0.15) is 5.82 Å². The molecule has 128 valence electrons. The van der Waals surface area contributed by atoms with Crippen molar-refractivity contribution in [2.24, 2.45) is 0 Å². The Bertz CT molecular complexity index is 529. The number of carbonyl (C=O) groups is 1. The molecule has 1 aliphatic rings. The van der Waals surface area contributed by atoms with Gasteiger partial charge in [0.2, 0.25) is 0 Å². The molecule has 1 aliphatic heterocycles. The molecule has 0 aliphatic carbocycles. The Hall–Kier alpha value is -1.66. The fourth-order valence-electron chi connectivity index (χ4n) is 2.69. The van der Waals surface area contributed by atoms with Crippen LogP contribution in [-0.4, -0.2) is 66.3 Å². The Morgan fingerprint density at radius 1 is 1.39 bits per heavy atom. The number of aliphatic hydroxyl groups excluding tert-OH is 1. The predicted octanol–water partition coefficient (Wildman–Crippen LogP) is 1.11. The number of rotatable bonds is 6. The first-order chi connectivity index (χ1) is 11.0. The van der Waals surface area contributed by atoms with Crippen molar-refractivity contribution in [1.82, 2.24) is 15.2 Å². The Kier molecular flexibility index (Phi) is 5.96. The maximum atomic E-state index is 12.5. The Labute approximate surface area is 138 Å². The van der Waals surface area contributed by atoms with Gasteiger partial charge in [0.15, 0.2) is 0 Å². The summed E-state index contributed by atoms with van der Waals surface area (Å²) in [6, 6.07) is 3.60. The van der Waals surface area contributed by atoms with E-state index in [1.807, 2.05) is 19.9 Å². The second-order valence-electron chi connectivity index (χ2n) is 6.53. The van der Waals surface area contributed by atoms with E-state index in [2.05, 4.69) is 27.1 Å². The van der Waals surface area contributed by atoms with E-state index < -0.39 is 0 Å². The normalized spacial score (nSPS) is 18.5. The summed E-state index contributed by atoms with van der Waals surface area (Å²) in [7, 11) is 2.11. The number of pyridine rings is 1. The molecule has 1 aromatic rings. The van der Waals surface area contributed by atoms with Crippen LogP contribution in [0.5, 0.6) is 0 Å². The van der Waals surface area contributed by atoms with Gasteiger partial charge in [-0.05, 0) is 38.9 Å². The van der Waals surface area contributed by atoms with Gasteiger partial charge in [-0.1, -0.05) is 6.92 Å². The number of nitrogens with one attached hydrogen (secondary N) is 1. The van der Waals surface area contributed by atoms with Crippen molar-refractivity contribution in [1.29, 1.82) is 0 Å². The highest BCUT2D eigenvalue weighted by Gasteiger charge is 2.25. The molecule has 1 amide bonds. The zero-order valence-corrected chi connectivity index (χ0v) is 14.4. The standard InChI is InChI=1S/C17H28N4O2/c1-4-17(2,6-12-22)19-16(23)14-5-7-18-15(13-14)21-10-8-20(3)9-11-21/h5,7,13,22H,4,6,8-12H2,1-3H3,(H,19,23). The lowest BCUT2D eigenvalue weighted by molar-refractivity contribution is 0.0886. The molecule has 6 heteroatoms. The molecule has 2 N–H and O–H groups in total. The molecule has 6 nitrogen and oxygen atoms in total. The average molecular weight is 320 g/mol. The van der Waals surface area contributed by atoms with Gasteiger partial charge in [-0.2, -0.15) is 0 Å². The summed E-state index contributed by atoms with van der Waals surface area (Å²) in [5.74, 6) is 0.742. The summed E-state index contributed by atoms with van der Waals surface area (Å²) < 4.78 is 0. The molecular weight excluding hydrogens is 292 g/mol.